The number of ether oxygens (including phenoxy) is 1. The second-order valence-electron chi connectivity index (χ2n) is 5.46. The molecule has 1 aromatic carbocycles. The first-order valence-corrected chi connectivity index (χ1v) is 7.13. The zero-order valence-corrected chi connectivity index (χ0v) is 12.9. The van der Waals surface area contributed by atoms with Gasteiger partial charge in [-0.2, -0.15) is 4.98 Å². The first-order valence-electron chi connectivity index (χ1n) is 7.13. The van der Waals surface area contributed by atoms with Crippen molar-refractivity contribution < 1.29 is 23.0 Å². The molecule has 0 saturated carbocycles. The van der Waals surface area contributed by atoms with Crippen LogP contribution in [0.5, 0.6) is 0 Å². The van der Waals surface area contributed by atoms with Crippen molar-refractivity contribution in [2.45, 2.75) is 25.5 Å². The lowest BCUT2D eigenvalue weighted by Crippen LogP contribution is -2.27. The van der Waals surface area contributed by atoms with E-state index in [4.69, 9.17) is 9.26 Å². The number of methoxy groups -OCH3 is 1. The van der Waals surface area contributed by atoms with Crippen LogP contribution in [0.25, 0.3) is 0 Å². The molecule has 0 radical (unpaired) electrons. The first-order chi connectivity index (χ1) is 11.4. The summed E-state index contributed by atoms with van der Waals surface area (Å²) in [5.41, 5.74) is -1.03. The molecule has 0 spiro atoms. The zero-order valence-electron chi connectivity index (χ0n) is 12.9. The van der Waals surface area contributed by atoms with Gasteiger partial charge in [-0.25, -0.2) is 8.78 Å². The molecule has 0 N–H and O–H groups in total. The van der Waals surface area contributed by atoms with E-state index in [0.29, 0.717) is 24.4 Å². The molecule has 1 fully saturated rings. The molecule has 0 bridgehead atoms. The molecule has 1 aliphatic heterocycles. The molecule has 2 unspecified atom stereocenters. The van der Waals surface area contributed by atoms with E-state index < -0.39 is 28.3 Å². The first kappa shape index (κ1) is 16.2. The number of benzene rings is 1. The Hall–Kier alpha value is -2.62. The summed E-state index contributed by atoms with van der Waals surface area (Å²) in [6.07, 6.45) is 0.102. The van der Waals surface area contributed by atoms with E-state index in [9.17, 15) is 18.9 Å². The molecule has 24 heavy (non-hydrogen) atoms. The molecular weight excluding hydrogens is 326 g/mol. The SMILES string of the molecule is COC1CC(c2nc(C)no2)N(c2c(F)cc([N+](=O)[O-])cc2F)C1. The molecule has 1 aliphatic rings. The van der Waals surface area contributed by atoms with Gasteiger partial charge in [-0.1, -0.05) is 5.16 Å². The number of rotatable bonds is 4. The van der Waals surface area contributed by atoms with Gasteiger partial charge in [0, 0.05) is 20.1 Å². The minimum Gasteiger partial charge on any atom is -0.380 e. The largest absolute Gasteiger partial charge is 0.380 e. The second-order valence-corrected chi connectivity index (χ2v) is 5.46. The maximum absolute atomic E-state index is 14.4. The van der Waals surface area contributed by atoms with Crippen molar-refractivity contribution in [2.24, 2.45) is 0 Å². The van der Waals surface area contributed by atoms with Gasteiger partial charge in [-0.3, -0.25) is 10.1 Å². The van der Waals surface area contributed by atoms with Crippen LogP contribution in [-0.2, 0) is 4.74 Å². The van der Waals surface area contributed by atoms with Crippen LogP contribution in [0.2, 0.25) is 0 Å². The quantitative estimate of drug-likeness (QED) is 0.623. The summed E-state index contributed by atoms with van der Waals surface area (Å²) >= 11 is 0. The minimum atomic E-state index is -1.03. The van der Waals surface area contributed by atoms with Crippen LogP contribution in [0, 0.1) is 28.7 Å². The number of nitrogens with zero attached hydrogens (tertiary/aromatic N) is 4. The second kappa shape index (κ2) is 6.11. The molecule has 128 valence electrons. The number of nitro benzene ring substituents is 1. The van der Waals surface area contributed by atoms with Crippen molar-refractivity contribution in [3.63, 3.8) is 0 Å². The van der Waals surface area contributed by atoms with Gasteiger partial charge in [0.2, 0.25) is 5.89 Å². The topological polar surface area (TPSA) is 94.5 Å². The van der Waals surface area contributed by atoms with E-state index in [0.717, 1.165) is 0 Å². The fourth-order valence-electron chi connectivity index (χ4n) is 2.83. The van der Waals surface area contributed by atoms with Crippen molar-refractivity contribution in [3.05, 3.63) is 45.6 Å². The monoisotopic (exact) mass is 340 g/mol. The van der Waals surface area contributed by atoms with Gasteiger partial charge in [-0.15, -0.1) is 0 Å². The van der Waals surface area contributed by atoms with Crippen molar-refractivity contribution in [1.29, 1.82) is 0 Å². The van der Waals surface area contributed by atoms with Crippen LogP contribution in [-0.4, -0.2) is 34.8 Å². The number of non-ortho nitro benzene ring substituents is 1. The van der Waals surface area contributed by atoms with Crippen LogP contribution >= 0.6 is 0 Å². The van der Waals surface area contributed by atoms with Crippen molar-refractivity contribution >= 4 is 11.4 Å². The fourth-order valence-corrected chi connectivity index (χ4v) is 2.83. The van der Waals surface area contributed by atoms with Gasteiger partial charge < -0.3 is 14.2 Å². The molecule has 0 aliphatic carbocycles. The van der Waals surface area contributed by atoms with Crippen LogP contribution in [0.3, 0.4) is 0 Å². The Labute approximate surface area is 135 Å². The highest BCUT2D eigenvalue weighted by atomic mass is 19.1. The number of anilines is 1. The van der Waals surface area contributed by atoms with Crippen LogP contribution in [0.15, 0.2) is 16.7 Å². The summed E-state index contributed by atoms with van der Waals surface area (Å²) in [6.45, 7) is 1.82. The minimum absolute atomic E-state index is 0.189. The number of nitro groups is 1. The highest BCUT2D eigenvalue weighted by molar-refractivity contribution is 5.56. The summed E-state index contributed by atoms with van der Waals surface area (Å²) in [6, 6.07) is 0.796. The molecular formula is C14H14F2N4O4. The smallest absolute Gasteiger partial charge is 0.275 e. The maximum atomic E-state index is 14.4. The van der Waals surface area contributed by atoms with Gasteiger partial charge in [0.05, 0.1) is 23.2 Å². The molecule has 3 rings (SSSR count). The summed E-state index contributed by atoms with van der Waals surface area (Å²) in [5.74, 6) is -1.45. The Morgan fingerprint density at radius 2 is 2.08 bits per heavy atom. The summed E-state index contributed by atoms with van der Waals surface area (Å²) in [7, 11) is 1.49. The van der Waals surface area contributed by atoms with Crippen LogP contribution in [0.1, 0.15) is 24.2 Å². The van der Waals surface area contributed by atoms with Crippen molar-refractivity contribution in [2.75, 3.05) is 18.6 Å². The van der Waals surface area contributed by atoms with E-state index in [1.165, 1.54) is 12.0 Å². The van der Waals surface area contributed by atoms with E-state index >= 15 is 0 Å². The number of hydrogen-bond donors (Lipinski definition) is 0. The third kappa shape index (κ3) is 2.80. The lowest BCUT2D eigenvalue weighted by molar-refractivity contribution is -0.385. The molecule has 0 amide bonds. The maximum Gasteiger partial charge on any atom is 0.275 e. The van der Waals surface area contributed by atoms with E-state index in [2.05, 4.69) is 10.1 Å². The predicted octanol–water partition coefficient (Wildman–Crippen LogP) is 2.53. The number of hydrogen-bond acceptors (Lipinski definition) is 7. The van der Waals surface area contributed by atoms with Crippen LogP contribution in [0.4, 0.5) is 20.2 Å². The summed E-state index contributed by atoms with van der Waals surface area (Å²) in [4.78, 5) is 15.4. The average molecular weight is 340 g/mol. The Morgan fingerprint density at radius 3 is 2.58 bits per heavy atom. The van der Waals surface area contributed by atoms with Gasteiger partial charge >= 0.3 is 0 Å². The lowest BCUT2D eigenvalue weighted by Gasteiger charge is -2.24. The highest BCUT2D eigenvalue weighted by Crippen LogP contribution is 2.40. The number of aryl methyl sites for hydroxylation is 1. The molecule has 8 nitrogen and oxygen atoms in total. The molecule has 1 aromatic heterocycles. The standard InChI is InChI=1S/C14H14F2N4O4/c1-7-17-14(24-18-7)12-5-9(23-2)6-19(12)13-10(15)3-8(20(21)22)4-11(13)16/h3-4,9,12H,5-6H2,1-2H3. The zero-order chi connectivity index (χ0) is 17.4. The lowest BCUT2D eigenvalue weighted by atomic mass is 10.1. The third-order valence-corrected chi connectivity index (χ3v) is 3.92. The average Bonchev–Trinajstić information content (AvgIpc) is 3.12. The number of aromatic nitrogens is 2. The Kier molecular flexibility index (Phi) is 4.14. The van der Waals surface area contributed by atoms with Crippen LogP contribution < -0.4 is 4.90 Å². The molecule has 1 saturated heterocycles. The highest BCUT2D eigenvalue weighted by Gasteiger charge is 2.39. The van der Waals surface area contributed by atoms with E-state index in [1.807, 2.05) is 0 Å². The fraction of sp³-hybridized carbons (Fsp3) is 0.429. The molecule has 10 heteroatoms. The molecule has 2 heterocycles. The normalized spacial score (nSPS) is 20.6. The van der Waals surface area contributed by atoms with Crippen molar-refractivity contribution in [1.82, 2.24) is 10.1 Å². The van der Waals surface area contributed by atoms with Gasteiger partial charge in [-0.05, 0) is 6.92 Å². The Balaban J connectivity index is 2.04. The van der Waals surface area contributed by atoms with Crippen molar-refractivity contribution in [3.8, 4) is 0 Å². The van der Waals surface area contributed by atoms with E-state index in [-0.39, 0.29) is 24.2 Å². The summed E-state index contributed by atoms with van der Waals surface area (Å²) < 4.78 is 39.1. The van der Waals surface area contributed by atoms with Gasteiger partial charge in [0.25, 0.3) is 5.69 Å². The van der Waals surface area contributed by atoms with E-state index in [1.54, 1.807) is 6.92 Å². The molecule has 2 aromatic rings. The Bertz CT molecular complexity index is 759. The predicted molar refractivity (Wildman–Crippen MR) is 77.5 cm³/mol. The Morgan fingerprint density at radius 1 is 1.42 bits per heavy atom. The van der Waals surface area contributed by atoms with Gasteiger partial charge in [0.1, 0.15) is 11.7 Å². The number of halogens is 2. The molecule has 2 atom stereocenters. The van der Waals surface area contributed by atoms with Gasteiger partial charge in [0.15, 0.2) is 17.5 Å². The third-order valence-electron chi connectivity index (χ3n) is 3.92. The summed E-state index contributed by atoms with van der Waals surface area (Å²) in [5, 5.41) is 14.4.